The molecule has 1 fully saturated rings. The van der Waals surface area contributed by atoms with Gasteiger partial charge >= 0.3 is 0 Å². The van der Waals surface area contributed by atoms with E-state index in [1.165, 1.54) is 0 Å². The van der Waals surface area contributed by atoms with Crippen molar-refractivity contribution in [2.75, 3.05) is 13.2 Å². The topological polar surface area (TPSA) is 33.0 Å². The maximum atomic E-state index is 9.11. The monoisotopic (exact) mass is 179 g/mol. The maximum absolute atomic E-state index is 9.11. The molecule has 0 N–H and O–H groups in total. The van der Waals surface area contributed by atoms with Crippen molar-refractivity contribution < 1.29 is 4.74 Å². The van der Waals surface area contributed by atoms with Gasteiger partial charge in [0, 0.05) is 6.61 Å². The molecule has 72 valence electrons. The zero-order valence-corrected chi connectivity index (χ0v) is 8.31. The summed E-state index contributed by atoms with van der Waals surface area (Å²) in [6, 6.07) is 2.40. The van der Waals surface area contributed by atoms with Gasteiger partial charge in [0.2, 0.25) is 0 Å². The molecule has 1 heterocycles. The average molecular weight is 179 g/mol. The van der Waals surface area contributed by atoms with Crippen LogP contribution in [0.4, 0.5) is 0 Å². The van der Waals surface area contributed by atoms with E-state index in [4.69, 9.17) is 10.00 Å². The number of nitrogens with zero attached hydrogens (tertiary/aromatic N) is 1. The SMILES string of the molecule is C=C(CC)CC1(C#N)CCCOC1. The van der Waals surface area contributed by atoms with Gasteiger partial charge in [-0.25, -0.2) is 0 Å². The van der Waals surface area contributed by atoms with Gasteiger partial charge in [-0.2, -0.15) is 5.26 Å². The van der Waals surface area contributed by atoms with Crippen LogP contribution in [-0.2, 0) is 4.74 Å². The Balaban J connectivity index is 2.59. The molecule has 1 unspecified atom stereocenters. The summed E-state index contributed by atoms with van der Waals surface area (Å²) in [7, 11) is 0. The zero-order chi connectivity index (χ0) is 9.73. The molecule has 1 rings (SSSR count). The van der Waals surface area contributed by atoms with Crippen molar-refractivity contribution >= 4 is 0 Å². The van der Waals surface area contributed by atoms with Gasteiger partial charge in [-0.1, -0.05) is 19.1 Å². The van der Waals surface area contributed by atoms with E-state index >= 15 is 0 Å². The van der Waals surface area contributed by atoms with Crippen LogP contribution in [0.2, 0.25) is 0 Å². The van der Waals surface area contributed by atoms with Crippen LogP contribution in [0.5, 0.6) is 0 Å². The van der Waals surface area contributed by atoms with E-state index in [0.29, 0.717) is 6.61 Å². The van der Waals surface area contributed by atoms with Crippen LogP contribution >= 0.6 is 0 Å². The molecule has 0 aromatic carbocycles. The van der Waals surface area contributed by atoms with E-state index in [2.05, 4.69) is 19.6 Å². The second-order valence-corrected chi connectivity index (χ2v) is 3.83. The first-order valence-corrected chi connectivity index (χ1v) is 4.88. The van der Waals surface area contributed by atoms with Crippen molar-refractivity contribution in [2.45, 2.75) is 32.6 Å². The van der Waals surface area contributed by atoms with Crippen molar-refractivity contribution in [3.63, 3.8) is 0 Å². The van der Waals surface area contributed by atoms with Gasteiger partial charge in [-0.3, -0.25) is 0 Å². The van der Waals surface area contributed by atoms with Gasteiger partial charge in [0.05, 0.1) is 18.1 Å². The fourth-order valence-electron chi connectivity index (χ4n) is 1.72. The molecule has 1 aliphatic heterocycles. The predicted octanol–water partition coefficient (Wildman–Crippen LogP) is 2.66. The average Bonchev–Trinajstić information content (AvgIpc) is 2.19. The van der Waals surface area contributed by atoms with Crippen LogP contribution in [-0.4, -0.2) is 13.2 Å². The van der Waals surface area contributed by atoms with Crippen molar-refractivity contribution in [2.24, 2.45) is 5.41 Å². The van der Waals surface area contributed by atoms with E-state index in [9.17, 15) is 0 Å². The lowest BCUT2D eigenvalue weighted by atomic mass is 9.78. The molecule has 0 amide bonds. The molecule has 0 radical (unpaired) electrons. The minimum atomic E-state index is -0.272. The third-order valence-electron chi connectivity index (χ3n) is 2.65. The first-order chi connectivity index (χ1) is 6.22. The van der Waals surface area contributed by atoms with Gasteiger partial charge in [0.15, 0.2) is 0 Å². The Labute approximate surface area is 80.2 Å². The van der Waals surface area contributed by atoms with Crippen LogP contribution in [0.15, 0.2) is 12.2 Å². The highest BCUT2D eigenvalue weighted by molar-refractivity contribution is 5.09. The van der Waals surface area contributed by atoms with Gasteiger partial charge < -0.3 is 4.74 Å². The summed E-state index contributed by atoms with van der Waals surface area (Å²) < 4.78 is 5.36. The summed E-state index contributed by atoms with van der Waals surface area (Å²) in [5, 5.41) is 9.11. The Kier molecular flexibility index (Phi) is 3.50. The fraction of sp³-hybridized carbons (Fsp3) is 0.727. The minimum absolute atomic E-state index is 0.272. The summed E-state index contributed by atoms with van der Waals surface area (Å²) in [4.78, 5) is 0. The summed E-state index contributed by atoms with van der Waals surface area (Å²) in [5.41, 5.74) is 0.887. The molecule has 1 atom stereocenters. The normalized spacial score (nSPS) is 28.0. The highest BCUT2D eigenvalue weighted by Gasteiger charge is 2.33. The van der Waals surface area contributed by atoms with Crippen LogP contribution in [0.25, 0.3) is 0 Å². The van der Waals surface area contributed by atoms with E-state index in [1.54, 1.807) is 0 Å². The third kappa shape index (κ3) is 2.57. The van der Waals surface area contributed by atoms with E-state index in [1.807, 2.05) is 0 Å². The van der Waals surface area contributed by atoms with Gasteiger partial charge in [-0.05, 0) is 25.7 Å². The molecule has 1 aliphatic rings. The summed E-state index contributed by atoms with van der Waals surface area (Å²) >= 11 is 0. The first-order valence-electron chi connectivity index (χ1n) is 4.88. The molecule has 0 aromatic heterocycles. The smallest absolute Gasteiger partial charge is 0.0844 e. The van der Waals surface area contributed by atoms with Crippen LogP contribution < -0.4 is 0 Å². The van der Waals surface area contributed by atoms with Crippen LogP contribution in [0.1, 0.15) is 32.6 Å². The van der Waals surface area contributed by atoms with Crippen molar-refractivity contribution in [1.29, 1.82) is 5.26 Å². The molecule has 2 nitrogen and oxygen atoms in total. The van der Waals surface area contributed by atoms with Crippen molar-refractivity contribution in [3.8, 4) is 6.07 Å². The third-order valence-corrected chi connectivity index (χ3v) is 2.65. The van der Waals surface area contributed by atoms with Crippen molar-refractivity contribution in [1.82, 2.24) is 0 Å². The van der Waals surface area contributed by atoms with E-state index in [-0.39, 0.29) is 5.41 Å². The Hall–Kier alpha value is -0.810. The van der Waals surface area contributed by atoms with Gasteiger partial charge in [0.25, 0.3) is 0 Å². The lowest BCUT2D eigenvalue weighted by Gasteiger charge is -2.31. The van der Waals surface area contributed by atoms with Gasteiger partial charge in [0.1, 0.15) is 0 Å². The number of rotatable bonds is 3. The number of nitriles is 1. The summed E-state index contributed by atoms with van der Waals surface area (Å²) in [6.07, 6.45) is 3.73. The highest BCUT2D eigenvalue weighted by Crippen LogP contribution is 2.34. The van der Waals surface area contributed by atoms with E-state index < -0.39 is 0 Å². The lowest BCUT2D eigenvalue weighted by molar-refractivity contribution is 0.0221. The Morgan fingerprint density at radius 3 is 2.92 bits per heavy atom. The standard InChI is InChI=1S/C11H17NO/c1-3-10(2)7-11(8-12)5-4-6-13-9-11/h2-7,9H2,1H3. The zero-order valence-electron chi connectivity index (χ0n) is 8.31. The Bertz CT molecular complexity index is 221. The molecule has 0 saturated carbocycles. The molecule has 0 spiro atoms. The Morgan fingerprint density at radius 2 is 2.46 bits per heavy atom. The highest BCUT2D eigenvalue weighted by atomic mass is 16.5. The van der Waals surface area contributed by atoms with Crippen LogP contribution in [0.3, 0.4) is 0 Å². The lowest BCUT2D eigenvalue weighted by Crippen LogP contribution is -2.30. The molecule has 0 aliphatic carbocycles. The molecule has 13 heavy (non-hydrogen) atoms. The number of allylic oxidation sites excluding steroid dienone is 1. The van der Waals surface area contributed by atoms with Crippen molar-refractivity contribution in [3.05, 3.63) is 12.2 Å². The van der Waals surface area contributed by atoms with Gasteiger partial charge in [-0.15, -0.1) is 0 Å². The maximum Gasteiger partial charge on any atom is 0.0844 e. The molecule has 0 aromatic rings. The Morgan fingerprint density at radius 1 is 1.69 bits per heavy atom. The number of hydrogen-bond acceptors (Lipinski definition) is 2. The minimum Gasteiger partial charge on any atom is -0.380 e. The fourth-order valence-corrected chi connectivity index (χ4v) is 1.72. The summed E-state index contributed by atoms with van der Waals surface area (Å²) in [5.74, 6) is 0. The molecular weight excluding hydrogens is 162 g/mol. The second-order valence-electron chi connectivity index (χ2n) is 3.83. The molecule has 0 bridgehead atoms. The molecule has 1 saturated heterocycles. The molecule has 2 heteroatoms. The quantitative estimate of drug-likeness (QED) is 0.624. The molecular formula is C11H17NO. The number of ether oxygens (including phenoxy) is 1. The largest absolute Gasteiger partial charge is 0.380 e. The number of hydrogen-bond donors (Lipinski definition) is 0. The summed E-state index contributed by atoms with van der Waals surface area (Å²) in [6.45, 7) is 7.43. The first kappa shape index (κ1) is 10.3. The van der Waals surface area contributed by atoms with Crippen LogP contribution in [0, 0.1) is 16.7 Å². The van der Waals surface area contributed by atoms with E-state index in [0.717, 1.165) is 37.9 Å². The predicted molar refractivity (Wildman–Crippen MR) is 52.1 cm³/mol. The second kappa shape index (κ2) is 4.43.